The highest BCUT2D eigenvalue weighted by molar-refractivity contribution is 5.99. The molecule has 0 aliphatic heterocycles. The van der Waals surface area contributed by atoms with E-state index in [1.807, 2.05) is 0 Å². The van der Waals surface area contributed by atoms with Crippen molar-refractivity contribution in [2.75, 3.05) is 12.4 Å². The standard InChI is InChI=1S/C12H14N6O5/c1-7-9(18(21)22)5-17(15-7)6-10(19)14-8-4-13-16(2)11(8)12(20)23-3/h4-5H,6H2,1-3H3,(H,14,19). The average Bonchev–Trinajstić information content (AvgIpc) is 3.01. The molecular weight excluding hydrogens is 308 g/mol. The van der Waals surface area contributed by atoms with E-state index in [0.717, 1.165) is 4.68 Å². The fourth-order valence-corrected chi connectivity index (χ4v) is 1.97. The number of hydrogen-bond acceptors (Lipinski definition) is 7. The molecule has 0 saturated carbocycles. The van der Waals surface area contributed by atoms with E-state index in [0.29, 0.717) is 0 Å². The molecule has 2 aromatic rings. The van der Waals surface area contributed by atoms with E-state index in [1.54, 1.807) is 0 Å². The van der Waals surface area contributed by atoms with Gasteiger partial charge in [-0.3, -0.25) is 24.3 Å². The van der Waals surface area contributed by atoms with Crippen LogP contribution in [0.5, 0.6) is 0 Å². The number of nitro groups is 1. The number of aromatic nitrogens is 4. The lowest BCUT2D eigenvalue weighted by Gasteiger charge is -2.06. The zero-order chi connectivity index (χ0) is 17.1. The second-order valence-electron chi connectivity index (χ2n) is 4.62. The van der Waals surface area contributed by atoms with Crippen molar-refractivity contribution in [3.63, 3.8) is 0 Å². The second-order valence-corrected chi connectivity index (χ2v) is 4.62. The van der Waals surface area contributed by atoms with Gasteiger partial charge in [-0.05, 0) is 6.92 Å². The van der Waals surface area contributed by atoms with Gasteiger partial charge in [-0.25, -0.2) is 4.79 Å². The first kappa shape index (κ1) is 16.1. The van der Waals surface area contributed by atoms with Gasteiger partial charge in [0.25, 0.3) is 0 Å². The Bertz CT molecular complexity index is 777. The average molecular weight is 322 g/mol. The maximum absolute atomic E-state index is 12.0. The molecule has 0 aliphatic rings. The molecule has 0 spiro atoms. The van der Waals surface area contributed by atoms with Crippen LogP contribution < -0.4 is 5.32 Å². The Morgan fingerprint density at radius 2 is 2.17 bits per heavy atom. The van der Waals surface area contributed by atoms with Crippen LogP contribution in [-0.4, -0.2) is 43.5 Å². The summed E-state index contributed by atoms with van der Waals surface area (Å²) in [7, 11) is 2.74. The van der Waals surface area contributed by atoms with Crippen molar-refractivity contribution in [1.82, 2.24) is 19.6 Å². The van der Waals surface area contributed by atoms with Crippen molar-refractivity contribution in [2.24, 2.45) is 7.05 Å². The topological polar surface area (TPSA) is 134 Å². The molecule has 0 bridgehead atoms. The number of amides is 1. The minimum atomic E-state index is -0.647. The number of carbonyl (C=O) groups excluding carboxylic acids is 2. The van der Waals surface area contributed by atoms with Crippen LogP contribution in [0.4, 0.5) is 11.4 Å². The maximum atomic E-state index is 12.0. The van der Waals surface area contributed by atoms with Gasteiger partial charge in [0.2, 0.25) is 5.91 Å². The van der Waals surface area contributed by atoms with Gasteiger partial charge >= 0.3 is 11.7 Å². The molecule has 0 fully saturated rings. The molecule has 122 valence electrons. The highest BCUT2D eigenvalue weighted by Crippen LogP contribution is 2.17. The number of nitrogens with zero attached hydrogens (tertiary/aromatic N) is 5. The lowest BCUT2D eigenvalue weighted by molar-refractivity contribution is -0.385. The minimum Gasteiger partial charge on any atom is -0.464 e. The Balaban J connectivity index is 2.13. The number of methoxy groups -OCH3 is 1. The van der Waals surface area contributed by atoms with Crippen molar-refractivity contribution < 1.29 is 19.2 Å². The Labute approximate surface area is 130 Å². The summed E-state index contributed by atoms with van der Waals surface area (Å²) in [5.74, 6) is -1.16. The quantitative estimate of drug-likeness (QED) is 0.474. The lowest BCUT2D eigenvalue weighted by atomic mass is 10.3. The molecule has 23 heavy (non-hydrogen) atoms. The third-order valence-corrected chi connectivity index (χ3v) is 3.01. The number of ether oxygens (including phenoxy) is 1. The van der Waals surface area contributed by atoms with Crippen LogP contribution in [0, 0.1) is 17.0 Å². The molecule has 11 nitrogen and oxygen atoms in total. The number of carbonyl (C=O) groups is 2. The SMILES string of the molecule is COC(=O)c1c(NC(=O)Cn2cc([N+](=O)[O-])c(C)n2)cnn1C. The van der Waals surface area contributed by atoms with Gasteiger partial charge in [0.1, 0.15) is 18.4 Å². The van der Waals surface area contributed by atoms with Gasteiger partial charge in [0, 0.05) is 7.05 Å². The smallest absolute Gasteiger partial charge is 0.358 e. The highest BCUT2D eigenvalue weighted by Gasteiger charge is 2.20. The monoisotopic (exact) mass is 322 g/mol. The summed E-state index contributed by atoms with van der Waals surface area (Å²) < 4.78 is 7.04. The Kier molecular flexibility index (Phi) is 4.39. The zero-order valence-corrected chi connectivity index (χ0v) is 12.6. The van der Waals surface area contributed by atoms with E-state index in [4.69, 9.17) is 0 Å². The highest BCUT2D eigenvalue weighted by atomic mass is 16.6. The second kappa shape index (κ2) is 6.25. The molecule has 0 radical (unpaired) electrons. The van der Waals surface area contributed by atoms with Crippen LogP contribution in [0.2, 0.25) is 0 Å². The van der Waals surface area contributed by atoms with Gasteiger partial charge in [0.15, 0.2) is 5.69 Å². The summed E-state index contributed by atoms with van der Waals surface area (Å²) in [5, 5.41) is 21.0. The van der Waals surface area contributed by atoms with E-state index in [2.05, 4.69) is 20.3 Å². The molecule has 1 amide bonds. The summed E-state index contributed by atoms with van der Waals surface area (Å²) in [5.41, 5.74) is 0.306. The number of rotatable bonds is 5. The van der Waals surface area contributed by atoms with Crippen LogP contribution in [-0.2, 0) is 23.1 Å². The number of hydrogen-bond donors (Lipinski definition) is 1. The molecule has 1 N–H and O–H groups in total. The van der Waals surface area contributed by atoms with Crippen molar-refractivity contribution in [3.8, 4) is 0 Å². The predicted molar refractivity (Wildman–Crippen MR) is 76.8 cm³/mol. The largest absolute Gasteiger partial charge is 0.464 e. The van der Waals surface area contributed by atoms with Gasteiger partial charge < -0.3 is 10.1 Å². The van der Waals surface area contributed by atoms with Crippen LogP contribution in [0.1, 0.15) is 16.2 Å². The van der Waals surface area contributed by atoms with Crippen LogP contribution in [0.15, 0.2) is 12.4 Å². The molecule has 0 unspecified atom stereocenters. The Morgan fingerprint density at radius 3 is 2.74 bits per heavy atom. The van der Waals surface area contributed by atoms with Gasteiger partial charge in [-0.2, -0.15) is 10.2 Å². The normalized spacial score (nSPS) is 10.4. The molecule has 11 heteroatoms. The van der Waals surface area contributed by atoms with Crippen LogP contribution >= 0.6 is 0 Å². The maximum Gasteiger partial charge on any atom is 0.358 e. The first-order valence-corrected chi connectivity index (χ1v) is 6.42. The van der Waals surface area contributed by atoms with E-state index in [-0.39, 0.29) is 29.3 Å². The van der Waals surface area contributed by atoms with E-state index in [9.17, 15) is 19.7 Å². The van der Waals surface area contributed by atoms with Crippen LogP contribution in [0.3, 0.4) is 0 Å². The third kappa shape index (κ3) is 3.33. The summed E-state index contributed by atoms with van der Waals surface area (Å²) >= 11 is 0. The molecule has 0 aromatic carbocycles. The van der Waals surface area contributed by atoms with Crippen molar-refractivity contribution in [2.45, 2.75) is 13.5 Å². The van der Waals surface area contributed by atoms with Crippen molar-refractivity contribution in [3.05, 3.63) is 33.9 Å². The number of esters is 1. The molecule has 0 saturated heterocycles. The molecular formula is C12H14N6O5. The molecule has 0 atom stereocenters. The zero-order valence-electron chi connectivity index (χ0n) is 12.6. The number of nitrogens with one attached hydrogen (secondary N) is 1. The summed E-state index contributed by atoms with van der Waals surface area (Å²) in [6, 6.07) is 0. The van der Waals surface area contributed by atoms with Crippen molar-refractivity contribution >= 4 is 23.3 Å². The summed E-state index contributed by atoms with van der Waals surface area (Å²) in [6.45, 7) is 1.23. The molecule has 2 heterocycles. The number of aryl methyl sites for hydroxylation is 2. The van der Waals surface area contributed by atoms with Gasteiger partial charge in [-0.1, -0.05) is 0 Å². The molecule has 0 aliphatic carbocycles. The van der Waals surface area contributed by atoms with Crippen molar-refractivity contribution in [1.29, 1.82) is 0 Å². The van der Waals surface area contributed by atoms with Crippen LogP contribution in [0.25, 0.3) is 0 Å². The Hall–Kier alpha value is -3.24. The van der Waals surface area contributed by atoms with E-state index >= 15 is 0 Å². The predicted octanol–water partition coefficient (Wildman–Crippen LogP) is 0.259. The minimum absolute atomic E-state index is 0.0866. The molecule has 2 aromatic heterocycles. The molecule has 2 rings (SSSR count). The van der Waals surface area contributed by atoms with E-state index in [1.165, 1.54) is 38.2 Å². The van der Waals surface area contributed by atoms with E-state index < -0.39 is 16.8 Å². The fraction of sp³-hybridized carbons (Fsp3) is 0.333. The lowest BCUT2D eigenvalue weighted by Crippen LogP contribution is -2.21. The first-order valence-electron chi connectivity index (χ1n) is 6.42. The number of anilines is 1. The summed E-state index contributed by atoms with van der Waals surface area (Å²) in [4.78, 5) is 33.8. The first-order chi connectivity index (χ1) is 10.8. The fourth-order valence-electron chi connectivity index (χ4n) is 1.97. The van der Waals surface area contributed by atoms with Gasteiger partial charge in [-0.15, -0.1) is 0 Å². The summed E-state index contributed by atoms with van der Waals surface area (Å²) in [6.07, 6.45) is 2.47. The Morgan fingerprint density at radius 1 is 1.48 bits per heavy atom. The van der Waals surface area contributed by atoms with Gasteiger partial charge in [0.05, 0.1) is 23.9 Å². The third-order valence-electron chi connectivity index (χ3n) is 3.01.